The zero-order valence-corrected chi connectivity index (χ0v) is 30.7. The van der Waals surface area contributed by atoms with Crippen molar-refractivity contribution in [3.05, 3.63) is 0 Å². The average Bonchev–Trinajstić information content (AvgIpc) is 3.39. The van der Waals surface area contributed by atoms with Crippen LogP contribution in [0.25, 0.3) is 0 Å². The van der Waals surface area contributed by atoms with Crippen molar-refractivity contribution in [1.29, 1.82) is 0 Å². The van der Waals surface area contributed by atoms with Crippen LogP contribution in [0.2, 0.25) is 0 Å². The molecule has 0 bridgehead atoms. The van der Waals surface area contributed by atoms with Gasteiger partial charge < -0.3 is 33.7 Å². The summed E-state index contributed by atoms with van der Waals surface area (Å²) in [6.45, 7) is 7.73. The highest BCUT2D eigenvalue weighted by Crippen LogP contribution is 2.66. The van der Waals surface area contributed by atoms with Gasteiger partial charge in [0.25, 0.3) is 0 Å². The van der Waals surface area contributed by atoms with Crippen LogP contribution in [-0.2, 0) is 42.8 Å². The van der Waals surface area contributed by atoms with Crippen molar-refractivity contribution in [1.82, 2.24) is 5.32 Å². The maximum Gasteiger partial charge on any atom is 0.407 e. The molecule has 1 N–H and O–H groups in total. The first-order chi connectivity index (χ1) is 22.5. The minimum absolute atomic E-state index is 0.220. The number of rotatable bonds is 8. The zero-order chi connectivity index (χ0) is 35.0. The second-order valence-corrected chi connectivity index (χ2v) is 17.6. The van der Waals surface area contributed by atoms with Gasteiger partial charge in [0.1, 0.15) is 25.4 Å². The van der Waals surface area contributed by atoms with E-state index in [2.05, 4.69) is 19.2 Å². The molecule has 1 aliphatic heterocycles. The lowest BCUT2D eigenvalue weighted by molar-refractivity contribution is -0.293. The number of alkyl carbamates (subject to hydrolysis) is 1. The number of nitrogens with one attached hydrogen (secondary N) is 1. The minimum Gasteiger partial charge on any atom is -0.463 e. The molecule has 0 aromatic heterocycles. The van der Waals surface area contributed by atoms with E-state index in [0.29, 0.717) is 17.3 Å². The molecular weight excluding hydrogens is 689 g/mol. The van der Waals surface area contributed by atoms with Crippen molar-refractivity contribution in [3.63, 3.8) is 0 Å². The smallest absolute Gasteiger partial charge is 0.407 e. The lowest BCUT2D eigenvalue weighted by Gasteiger charge is -2.60. The molecule has 4 saturated carbocycles. The van der Waals surface area contributed by atoms with Crippen LogP contribution in [0.5, 0.6) is 0 Å². The van der Waals surface area contributed by atoms with Crippen LogP contribution >= 0.6 is 34.8 Å². The summed E-state index contributed by atoms with van der Waals surface area (Å²) in [4.78, 5) is 49.3. The normalized spacial score (nSPS) is 40.8. The Bertz CT molecular complexity index is 1220. The summed E-state index contributed by atoms with van der Waals surface area (Å²) < 4.78 is 32.7. The van der Waals surface area contributed by atoms with E-state index in [9.17, 15) is 19.2 Å². The predicted octanol–water partition coefficient (Wildman–Crippen LogP) is 6.42. The molecule has 2 unspecified atom stereocenters. The third-order valence-corrected chi connectivity index (χ3v) is 12.4. The molecule has 11 nitrogen and oxygen atoms in total. The zero-order valence-electron chi connectivity index (χ0n) is 28.5. The SMILES string of the molecule is CC(=O)OC[C@H]1OC(O[C@H]2CC[C@@]3(C)C(CC[C@H]4[C@@H]5CCC[C@@]5(C)CC[C@@H]43)C2)[C@H](NC(=O)OCC(Cl)(Cl)Cl)[C@@H](OC(C)=O)[C@H]1OC(C)=O. The highest BCUT2D eigenvalue weighted by molar-refractivity contribution is 6.67. The van der Waals surface area contributed by atoms with Gasteiger partial charge in [-0.3, -0.25) is 14.4 Å². The van der Waals surface area contributed by atoms with E-state index in [1.165, 1.54) is 59.3 Å². The monoisotopic (exact) mass is 737 g/mol. The van der Waals surface area contributed by atoms with Gasteiger partial charge in [-0.25, -0.2) is 4.79 Å². The van der Waals surface area contributed by atoms with Crippen molar-refractivity contribution >= 4 is 58.8 Å². The highest BCUT2D eigenvalue weighted by atomic mass is 35.6. The highest BCUT2D eigenvalue weighted by Gasteiger charge is 2.59. The molecular formula is C34H50Cl3NO10. The molecule has 0 aromatic rings. The third kappa shape index (κ3) is 8.49. The maximum atomic E-state index is 13.0. The van der Waals surface area contributed by atoms with Gasteiger partial charge >= 0.3 is 24.0 Å². The van der Waals surface area contributed by atoms with E-state index in [0.717, 1.165) is 37.5 Å². The van der Waals surface area contributed by atoms with Gasteiger partial charge in [-0.2, -0.15) is 0 Å². The van der Waals surface area contributed by atoms with Crippen molar-refractivity contribution < 1.29 is 47.6 Å². The summed E-state index contributed by atoms with van der Waals surface area (Å²) >= 11 is 17.4. The Morgan fingerprint density at radius 3 is 2.21 bits per heavy atom. The van der Waals surface area contributed by atoms with E-state index < -0.39 is 65.0 Å². The summed E-state index contributed by atoms with van der Waals surface area (Å²) in [7, 11) is 0. The summed E-state index contributed by atoms with van der Waals surface area (Å²) in [5, 5.41) is 2.64. The number of carbonyl (C=O) groups excluding carboxylic acids is 4. The maximum absolute atomic E-state index is 13.0. The first-order valence-corrected chi connectivity index (χ1v) is 18.4. The average molecular weight is 739 g/mol. The van der Waals surface area contributed by atoms with Crippen molar-refractivity contribution in [3.8, 4) is 0 Å². The summed E-state index contributed by atoms with van der Waals surface area (Å²) in [6, 6.07) is -1.20. The first kappa shape index (κ1) is 37.7. The van der Waals surface area contributed by atoms with E-state index in [1.54, 1.807) is 0 Å². The lowest BCUT2D eigenvalue weighted by atomic mass is 9.45. The molecule has 12 atom stereocenters. The number of esters is 3. The van der Waals surface area contributed by atoms with Crippen LogP contribution in [0.15, 0.2) is 0 Å². The van der Waals surface area contributed by atoms with Gasteiger partial charge in [-0.15, -0.1) is 0 Å². The molecule has 1 saturated heterocycles. The number of alkyl halides is 3. The van der Waals surface area contributed by atoms with Gasteiger partial charge in [-0.1, -0.05) is 55.1 Å². The van der Waals surface area contributed by atoms with Crippen LogP contribution in [0, 0.1) is 34.5 Å². The van der Waals surface area contributed by atoms with Gasteiger partial charge in [0.15, 0.2) is 18.5 Å². The van der Waals surface area contributed by atoms with Gasteiger partial charge in [0.2, 0.25) is 3.79 Å². The van der Waals surface area contributed by atoms with Crippen molar-refractivity contribution in [2.24, 2.45) is 34.5 Å². The van der Waals surface area contributed by atoms with Crippen LogP contribution in [0.3, 0.4) is 0 Å². The molecule has 1 amide bonds. The Morgan fingerprint density at radius 1 is 0.833 bits per heavy atom. The summed E-state index contributed by atoms with van der Waals surface area (Å²) in [5.74, 6) is 0.776. The van der Waals surface area contributed by atoms with Crippen molar-refractivity contribution in [2.75, 3.05) is 13.2 Å². The van der Waals surface area contributed by atoms with Crippen LogP contribution in [0.4, 0.5) is 4.79 Å². The molecule has 272 valence electrons. The van der Waals surface area contributed by atoms with E-state index in [4.69, 9.17) is 63.2 Å². The Balaban J connectivity index is 1.37. The molecule has 14 heteroatoms. The number of hydrogen-bond acceptors (Lipinski definition) is 10. The second-order valence-electron chi connectivity index (χ2n) is 15.1. The van der Waals surface area contributed by atoms with E-state index in [-0.39, 0.29) is 18.1 Å². The first-order valence-electron chi connectivity index (χ1n) is 17.3. The molecule has 5 rings (SSSR count). The molecule has 0 radical (unpaired) electrons. The molecule has 5 aliphatic rings. The number of fused-ring (bicyclic) bond motifs is 5. The molecule has 5 fully saturated rings. The molecule has 4 aliphatic carbocycles. The molecule has 0 spiro atoms. The van der Waals surface area contributed by atoms with Gasteiger partial charge in [-0.05, 0) is 92.3 Å². The Labute approximate surface area is 298 Å². The summed E-state index contributed by atoms with van der Waals surface area (Å²) in [5.41, 5.74) is 0.716. The van der Waals surface area contributed by atoms with Crippen molar-refractivity contribution in [2.45, 2.75) is 139 Å². The fourth-order valence-corrected chi connectivity index (χ4v) is 10.2. The second kappa shape index (κ2) is 15.0. The van der Waals surface area contributed by atoms with E-state index in [1.807, 2.05) is 0 Å². The number of amides is 1. The van der Waals surface area contributed by atoms with Gasteiger partial charge in [0, 0.05) is 20.8 Å². The van der Waals surface area contributed by atoms with Crippen LogP contribution in [-0.4, -0.2) is 77.8 Å². The number of hydrogen-bond donors (Lipinski definition) is 1. The number of carbonyl (C=O) groups is 4. The number of halogens is 3. The Hall–Kier alpha value is -1.53. The van der Waals surface area contributed by atoms with Crippen LogP contribution in [0.1, 0.15) is 98.8 Å². The Kier molecular flexibility index (Phi) is 11.8. The largest absolute Gasteiger partial charge is 0.463 e. The third-order valence-electron chi connectivity index (χ3n) is 12.1. The molecule has 0 aromatic carbocycles. The summed E-state index contributed by atoms with van der Waals surface area (Å²) in [6.07, 6.45) is 5.57. The van der Waals surface area contributed by atoms with Crippen LogP contribution < -0.4 is 5.32 Å². The predicted molar refractivity (Wildman–Crippen MR) is 176 cm³/mol. The van der Waals surface area contributed by atoms with E-state index >= 15 is 0 Å². The molecule has 48 heavy (non-hydrogen) atoms. The van der Waals surface area contributed by atoms with Gasteiger partial charge in [0.05, 0.1) is 6.10 Å². The minimum atomic E-state index is -1.87. The lowest BCUT2D eigenvalue weighted by Crippen LogP contribution is -2.67. The number of ether oxygens (including phenoxy) is 6. The fourth-order valence-electron chi connectivity index (χ4n) is 10.0. The quantitative estimate of drug-likeness (QED) is 0.129. The molecule has 1 heterocycles. The standard InChI is InChI=1S/C34H50Cl3NO10/c1-18(39)43-16-26-28(45-19(2)40)29(46-20(3)41)27(38-31(42)44-17-34(35,36)37)30(48-26)47-22-10-14-33(5)21(15-22)8-9-23-24-7-6-12-32(24,4)13-11-25(23)33/h21-30H,6-17H2,1-5H3,(H,38,42)/t21?,22-,23-,24-,25-,26+,27+,28-,29+,30?,32-,33-/m0/s1. The Morgan fingerprint density at radius 2 is 1.54 bits per heavy atom. The topological polar surface area (TPSA) is 136 Å². The fraction of sp³-hybridized carbons (Fsp3) is 0.882.